The van der Waals surface area contributed by atoms with Crippen LogP contribution in [-0.2, 0) is 6.54 Å². The first kappa shape index (κ1) is 16.6. The third kappa shape index (κ3) is 3.56. The van der Waals surface area contributed by atoms with Crippen molar-refractivity contribution < 1.29 is 0 Å². The number of nitrogen functional groups attached to an aromatic ring is 1. The van der Waals surface area contributed by atoms with E-state index in [0.29, 0.717) is 22.7 Å². The molecular weight excluding hydrogens is 344 g/mol. The molecule has 4 aromatic rings. The molecule has 0 radical (unpaired) electrons. The molecule has 0 spiro atoms. The Morgan fingerprint density at radius 2 is 1.81 bits per heavy atom. The highest BCUT2D eigenvalue weighted by Crippen LogP contribution is 2.14. The Bertz CT molecular complexity index is 1170. The lowest BCUT2D eigenvalue weighted by molar-refractivity contribution is 0.581. The lowest BCUT2D eigenvalue weighted by Gasteiger charge is -2.08. The van der Waals surface area contributed by atoms with Crippen molar-refractivity contribution >= 4 is 28.5 Å². The average Bonchev–Trinajstić information content (AvgIpc) is 2.66. The van der Waals surface area contributed by atoms with Crippen molar-refractivity contribution in [3.05, 3.63) is 70.3 Å². The second-order valence-corrected chi connectivity index (χ2v) is 5.99. The maximum absolute atomic E-state index is 12.6. The first-order valence-electron chi connectivity index (χ1n) is 8.25. The number of hydrogen-bond acceptors (Lipinski definition) is 8. The van der Waals surface area contributed by atoms with E-state index in [-0.39, 0.29) is 18.1 Å². The largest absolute Gasteiger partial charge is 0.368 e. The first-order valence-corrected chi connectivity index (χ1v) is 8.25. The molecule has 0 unspecified atom stereocenters. The molecule has 2 aromatic carbocycles. The average molecular weight is 360 g/mol. The van der Waals surface area contributed by atoms with Gasteiger partial charge in [0.15, 0.2) is 5.82 Å². The number of aromatic nitrogens is 6. The molecule has 134 valence electrons. The predicted octanol–water partition coefficient (Wildman–Crippen LogP) is 1.66. The van der Waals surface area contributed by atoms with E-state index >= 15 is 0 Å². The third-order valence-corrected chi connectivity index (χ3v) is 3.93. The lowest BCUT2D eigenvalue weighted by Crippen LogP contribution is -2.26. The van der Waals surface area contributed by atoms with Crippen LogP contribution in [0.1, 0.15) is 11.4 Å². The summed E-state index contributed by atoms with van der Waals surface area (Å²) in [5, 5.41) is 11.6. The minimum Gasteiger partial charge on any atom is -0.368 e. The summed E-state index contributed by atoms with van der Waals surface area (Å²) in [7, 11) is 0. The van der Waals surface area contributed by atoms with E-state index in [1.807, 2.05) is 31.2 Å². The van der Waals surface area contributed by atoms with E-state index in [1.165, 1.54) is 4.68 Å². The number of hydrogen-bond donors (Lipinski definition) is 2. The molecule has 0 atom stereocenters. The van der Waals surface area contributed by atoms with Crippen LogP contribution >= 0.6 is 0 Å². The minimum atomic E-state index is -0.271. The van der Waals surface area contributed by atoms with E-state index in [9.17, 15) is 4.79 Å². The first-order chi connectivity index (χ1) is 13.1. The highest BCUT2D eigenvalue weighted by molar-refractivity contribution is 5.76. The van der Waals surface area contributed by atoms with Gasteiger partial charge in [0.25, 0.3) is 5.56 Å². The van der Waals surface area contributed by atoms with E-state index in [1.54, 1.807) is 24.3 Å². The van der Waals surface area contributed by atoms with Crippen LogP contribution in [0.2, 0.25) is 0 Å². The maximum Gasteiger partial charge on any atom is 0.278 e. The van der Waals surface area contributed by atoms with Gasteiger partial charge in [0, 0.05) is 5.69 Å². The number of rotatable bonds is 4. The Morgan fingerprint density at radius 1 is 1.04 bits per heavy atom. The van der Waals surface area contributed by atoms with Gasteiger partial charge in [-0.1, -0.05) is 35.0 Å². The number of anilines is 3. The van der Waals surface area contributed by atoms with E-state index in [4.69, 9.17) is 5.73 Å². The molecule has 0 saturated heterocycles. The molecule has 0 aliphatic carbocycles. The second kappa shape index (κ2) is 6.79. The number of nitrogens with zero attached hydrogens (tertiary/aromatic N) is 6. The number of fused-ring (bicyclic) bond motifs is 1. The molecule has 2 heterocycles. The Kier molecular flexibility index (Phi) is 4.17. The van der Waals surface area contributed by atoms with Gasteiger partial charge in [0.2, 0.25) is 11.9 Å². The van der Waals surface area contributed by atoms with Crippen molar-refractivity contribution in [1.82, 2.24) is 29.9 Å². The molecule has 0 amide bonds. The summed E-state index contributed by atoms with van der Waals surface area (Å²) in [6.07, 6.45) is 0. The zero-order valence-corrected chi connectivity index (χ0v) is 14.5. The van der Waals surface area contributed by atoms with Crippen LogP contribution < -0.4 is 16.6 Å². The zero-order chi connectivity index (χ0) is 18.8. The van der Waals surface area contributed by atoms with Crippen molar-refractivity contribution in [1.29, 1.82) is 0 Å². The Morgan fingerprint density at radius 3 is 2.63 bits per heavy atom. The zero-order valence-electron chi connectivity index (χ0n) is 14.5. The number of benzene rings is 2. The fourth-order valence-electron chi connectivity index (χ4n) is 2.59. The molecule has 0 aliphatic heterocycles. The fraction of sp³-hybridized carbons (Fsp3) is 0.111. The van der Waals surface area contributed by atoms with E-state index < -0.39 is 0 Å². The Balaban J connectivity index is 1.64. The van der Waals surface area contributed by atoms with Crippen molar-refractivity contribution in [2.45, 2.75) is 13.5 Å². The number of nitrogens with one attached hydrogen (secondary N) is 1. The van der Waals surface area contributed by atoms with E-state index in [2.05, 4.69) is 30.6 Å². The molecule has 2 aromatic heterocycles. The second-order valence-electron chi connectivity index (χ2n) is 5.99. The van der Waals surface area contributed by atoms with Gasteiger partial charge in [-0.2, -0.15) is 15.0 Å². The number of aryl methyl sites for hydroxylation is 1. The van der Waals surface area contributed by atoms with Gasteiger partial charge in [-0.3, -0.25) is 4.79 Å². The lowest BCUT2D eigenvalue weighted by atomic mass is 10.2. The quantitative estimate of drug-likeness (QED) is 0.563. The normalized spacial score (nSPS) is 10.9. The van der Waals surface area contributed by atoms with Gasteiger partial charge >= 0.3 is 0 Å². The van der Waals surface area contributed by atoms with Crippen LogP contribution in [0.4, 0.5) is 17.6 Å². The molecule has 27 heavy (non-hydrogen) atoms. The molecule has 0 fully saturated rings. The summed E-state index contributed by atoms with van der Waals surface area (Å²) in [4.78, 5) is 25.1. The van der Waals surface area contributed by atoms with Gasteiger partial charge in [-0.05, 0) is 31.2 Å². The topological polar surface area (TPSA) is 124 Å². The molecule has 9 heteroatoms. The molecule has 0 bridgehead atoms. The molecule has 4 rings (SSSR count). The van der Waals surface area contributed by atoms with Gasteiger partial charge in [-0.15, -0.1) is 5.10 Å². The highest BCUT2D eigenvalue weighted by Gasteiger charge is 2.10. The molecule has 0 saturated carbocycles. The minimum absolute atomic E-state index is 0.0337. The molecule has 9 nitrogen and oxygen atoms in total. The summed E-state index contributed by atoms with van der Waals surface area (Å²) in [5.74, 6) is 0.656. The predicted molar refractivity (Wildman–Crippen MR) is 102 cm³/mol. The van der Waals surface area contributed by atoms with Crippen molar-refractivity contribution in [3.63, 3.8) is 0 Å². The van der Waals surface area contributed by atoms with Crippen LogP contribution in [0.15, 0.2) is 53.3 Å². The van der Waals surface area contributed by atoms with Gasteiger partial charge in [-0.25, -0.2) is 4.68 Å². The smallest absolute Gasteiger partial charge is 0.278 e. The third-order valence-electron chi connectivity index (χ3n) is 3.93. The molecule has 3 N–H and O–H groups in total. The van der Waals surface area contributed by atoms with Gasteiger partial charge < -0.3 is 11.1 Å². The fourth-order valence-corrected chi connectivity index (χ4v) is 2.59. The maximum atomic E-state index is 12.6. The summed E-state index contributed by atoms with van der Waals surface area (Å²) >= 11 is 0. The van der Waals surface area contributed by atoms with Crippen LogP contribution in [0.25, 0.3) is 10.9 Å². The van der Waals surface area contributed by atoms with Crippen LogP contribution in [0.5, 0.6) is 0 Å². The highest BCUT2D eigenvalue weighted by atomic mass is 16.1. The summed E-state index contributed by atoms with van der Waals surface area (Å²) in [5.41, 5.74) is 8.02. The summed E-state index contributed by atoms with van der Waals surface area (Å²) < 4.78 is 1.20. The summed E-state index contributed by atoms with van der Waals surface area (Å²) in [6.45, 7) is 2.04. The molecular formula is C18H16N8O. The molecule has 0 aliphatic rings. The Labute approximate surface area is 153 Å². The summed E-state index contributed by atoms with van der Waals surface area (Å²) in [6, 6.07) is 14.8. The Hall–Kier alpha value is -3.88. The van der Waals surface area contributed by atoms with Gasteiger partial charge in [0.1, 0.15) is 12.1 Å². The van der Waals surface area contributed by atoms with Crippen molar-refractivity contribution in [2.24, 2.45) is 0 Å². The van der Waals surface area contributed by atoms with Crippen LogP contribution in [0, 0.1) is 6.92 Å². The van der Waals surface area contributed by atoms with Crippen LogP contribution in [0.3, 0.4) is 0 Å². The van der Waals surface area contributed by atoms with Crippen molar-refractivity contribution in [3.8, 4) is 0 Å². The number of nitrogens with two attached hydrogens (primary N) is 1. The van der Waals surface area contributed by atoms with Crippen LogP contribution in [-0.4, -0.2) is 29.9 Å². The van der Waals surface area contributed by atoms with Crippen molar-refractivity contribution in [2.75, 3.05) is 11.1 Å². The van der Waals surface area contributed by atoms with Gasteiger partial charge in [0.05, 0.1) is 5.39 Å². The SMILES string of the molecule is Cc1ccc(Nc2nc(N)nc(Cn3nnc4ccccc4c3=O)n2)cc1. The van der Waals surface area contributed by atoms with E-state index in [0.717, 1.165) is 11.3 Å². The monoisotopic (exact) mass is 360 g/mol. The standard InChI is InChI=1S/C18H16N8O/c1-11-6-8-12(9-7-11)20-18-22-15(21-17(19)23-18)10-26-16(27)13-4-2-3-5-14(13)24-25-26/h2-9H,10H2,1H3,(H3,19,20,21,22,23).